The Kier molecular flexibility index (Phi) is 3.22. The summed E-state index contributed by atoms with van der Waals surface area (Å²) >= 11 is 0. The zero-order chi connectivity index (χ0) is 13.1. The first-order chi connectivity index (χ1) is 8.56. The number of rotatable bonds is 3. The van der Waals surface area contributed by atoms with Crippen LogP contribution in [-0.2, 0) is 18.3 Å². The highest BCUT2D eigenvalue weighted by atomic mass is 16.3. The molecule has 0 atom stereocenters. The largest absolute Gasteiger partial charge is 0.508 e. The van der Waals surface area contributed by atoms with Crippen molar-refractivity contribution in [1.82, 2.24) is 20.2 Å². The lowest BCUT2D eigenvalue weighted by Crippen LogP contribution is -2.17. The number of phenolic OH excluding ortho intramolecular Hbond substituents is 1. The Balaban J connectivity index is 2.05. The van der Waals surface area contributed by atoms with E-state index in [0.717, 1.165) is 5.56 Å². The van der Waals surface area contributed by atoms with Crippen molar-refractivity contribution in [3.63, 3.8) is 0 Å². The molecule has 0 aliphatic rings. The molecule has 7 nitrogen and oxygen atoms in total. The van der Waals surface area contributed by atoms with Crippen LogP contribution < -0.4 is 5.32 Å². The monoisotopic (exact) mass is 247 g/mol. The number of carbonyl (C=O) groups excluding carboxylic acids is 1. The number of hydrogen-bond donors (Lipinski definition) is 2. The van der Waals surface area contributed by atoms with Crippen LogP contribution in [0.25, 0.3) is 0 Å². The number of benzene rings is 1. The van der Waals surface area contributed by atoms with Crippen LogP contribution in [0.3, 0.4) is 0 Å². The summed E-state index contributed by atoms with van der Waals surface area (Å²) in [4.78, 5) is 11.8. The average molecular weight is 247 g/mol. The van der Waals surface area contributed by atoms with Gasteiger partial charge in [0.25, 0.3) is 0 Å². The summed E-state index contributed by atoms with van der Waals surface area (Å²) < 4.78 is 1.45. The first-order valence-electron chi connectivity index (χ1n) is 5.37. The van der Waals surface area contributed by atoms with E-state index in [1.165, 1.54) is 10.7 Å². The lowest BCUT2D eigenvalue weighted by Gasteiger charge is -2.08. The molecule has 1 amide bonds. The summed E-state index contributed by atoms with van der Waals surface area (Å²) in [6, 6.07) is 4.75. The molecule has 2 N–H and O–H groups in total. The minimum absolute atomic E-state index is 0.101. The van der Waals surface area contributed by atoms with Crippen molar-refractivity contribution >= 4 is 11.6 Å². The molecule has 1 heterocycles. The molecule has 0 saturated carbocycles. The number of carbonyl (C=O) groups is 1. The molecule has 0 spiro atoms. The van der Waals surface area contributed by atoms with E-state index in [1.807, 2.05) is 0 Å². The molecule has 0 fully saturated rings. The van der Waals surface area contributed by atoms with Gasteiger partial charge in [-0.2, -0.15) is 0 Å². The predicted molar refractivity (Wildman–Crippen MR) is 64.0 cm³/mol. The number of nitrogens with zero attached hydrogens (tertiary/aromatic N) is 4. The smallest absolute Gasteiger partial charge is 0.232 e. The van der Waals surface area contributed by atoms with Gasteiger partial charge < -0.3 is 10.4 Å². The number of tetrazole rings is 1. The second-order valence-electron chi connectivity index (χ2n) is 3.94. The SMILES string of the molecule is Cc1cc(O)ccc1NC(=O)Cc1nnnn1C. The van der Waals surface area contributed by atoms with E-state index in [-0.39, 0.29) is 18.1 Å². The maximum Gasteiger partial charge on any atom is 0.232 e. The van der Waals surface area contributed by atoms with Gasteiger partial charge in [-0.1, -0.05) is 0 Å². The molecule has 18 heavy (non-hydrogen) atoms. The normalized spacial score (nSPS) is 10.3. The van der Waals surface area contributed by atoms with Crippen molar-refractivity contribution in [3.8, 4) is 5.75 Å². The first-order valence-corrected chi connectivity index (χ1v) is 5.37. The summed E-state index contributed by atoms with van der Waals surface area (Å²) in [5, 5.41) is 22.9. The first kappa shape index (κ1) is 12.0. The van der Waals surface area contributed by atoms with E-state index in [2.05, 4.69) is 20.8 Å². The Morgan fingerprint density at radius 1 is 1.50 bits per heavy atom. The maximum absolute atomic E-state index is 11.8. The summed E-state index contributed by atoms with van der Waals surface area (Å²) in [5.41, 5.74) is 1.45. The van der Waals surface area contributed by atoms with Gasteiger partial charge in [0, 0.05) is 12.7 Å². The van der Waals surface area contributed by atoms with Crippen molar-refractivity contribution in [3.05, 3.63) is 29.6 Å². The van der Waals surface area contributed by atoms with E-state index in [0.29, 0.717) is 11.5 Å². The summed E-state index contributed by atoms with van der Waals surface area (Å²) in [7, 11) is 1.68. The third-order valence-electron chi connectivity index (χ3n) is 2.51. The van der Waals surface area contributed by atoms with Gasteiger partial charge >= 0.3 is 0 Å². The standard InChI is InChI=1S/C11H13N5O2/c1-7-5-8(17)3-4-9(7)12-11(18)6-10-13-14-15-16(10)2/h3-5,17H,6H2,1-2H3,(H,12,18). The zero-order valence-electron chi connectivity index (χ0n) is 10.1. The van der Waals surface area contributed by atoms with E-state index in [9.17, 15) is 9.90 Å². The Morgan fingerprint density at radius 2 is 2.28 bits per heavy atom. The average Bonchev–Trinajstić information content (AvgIpc) is 2.69. The van der Waals surface area contributed by atoms with Crippen LogP contribution in [0.5, 0.6) is 5.75 Å². The third kappa shape index (κ3) is 2.62. The molecular weight excluding hydrogens is 234 g/mol. The Bertz CT molecular complexity index is 579. The predicted octanol–water partition coefficient (Wildman–Crippen LogP) is 0.405. The Labute approximate surface area is 103 Å². The van der Waals surface area contributed by atoms with E-state index in [1.54, 1.807) is 26.1 Å². The van der Waals surface area contributed by atoms with E-state index < -0.39 is 0 Å². The third-order valence-corrected chi connectivity index (χ3v) is 2.51. The maximum atomic E-state index is 11.8. The van der Waals surface area contributed by atoms with Crippen molar-refractivity contribution in [2.75, 3.05) is 5.32 Å². The lowest BCUT2D eigenvalue weighted by atomic mass is 10.2. The molecule has 0 aliphatic heterocycles. The van der Waals surface area contributed by atoms with Crippen LogP contribution in [0.4, 0.5) is 5.69 Å². The second kappa shape index (κ2) is 4.82. The van der Waals surface area contributed by atoms with E-state index in [4.69, 9.17) is 0 Å². The van der Waals surface area contributed by atoms with E-state index >= 15 is 0 Å². The van der Waals surface area contributed by atoms with Crippen LogP contribution in [0.2, 0.25) is 0 Å². The van der Waals surface area contributed by atoms with Gasteiger partial charge in [0.1, 0.15) is 5.75 Å². The van der Waals surface area contributed by atoms with Crippen LogP contribution in [0.15, 0.2) is 18.2 Å². The van der Waals surface area contributed by atoms with Gasteiger partial charge in [0.2, 0.25) is 5.91 Å². The fourth-order valence-electron chi connectivity index (χ4n) is 1.52. The van der Waals surface area contributed by atoms with Gasteiger partial charge in [-0.3, -0.25) is 4.79 Å². The quantitative estimate of drug-likeness (QED) is 0.766. The fourth-order valence-corrected chi connectivity index (χ4v) is 1.52. The molecule has 0 aliphatic carbocycles. The summed E-state index contributed by atoms with van der Waals surface area (Å²) in [6.07, 6.45) is 0.101. The molecule has 0 saturated heterocycles. The van der Waals surface area contributed by atoms with Crippen molar-refractivity contribution in [1.29, 1.82) is 0 Å². The molecular formula is C11H13N5O2. The lowest BCUT2D eigenvalue weighted by molar-refractivity contribution is -0.115. The van der Waals surface area contributed by atoms with Crippen molar-refractivity contribution < 1.29 is 9.90 Å². The number of aromatic nitrogens is 4. The van der Waals surface area contributed by atoms with Crippen molar-refractivity contribution in [2.45, 2.75) is 13.3 Å². The molecule has 7 heteroatoms. The van der Waals surface area contributed by atoms with Crippen LogP contribution >= 0.6 is 0 Å². The minimum atomic E-state index is -0.207. The van der Waals surface area contributed by atoms with Crippen LogP contribution in [0.1, 0.15) is 11.4 Å². The molecule has 2 rings (SSSR count). The highest BCUT2D eigenvalue weighted by Crippen LogP contribution is 2.20. The molecule has 1 aromatic heterocycles. The number of anilines is 1. The Morgan fingerprint density at radius 3 is 2.89 bits per heavy atom. The molecule has 94 valence electrons. The number of phenols is 1. The van der Waals surface area contributed by atoms with Gasteiger partial charge in [-0.05, 0) is 41.1 Å². The molecule has 1 aromatic carbocycles. The number of aryl methyl sites for hydroxylation is 2. The van der Waals surface area contributed by atoms with Gasteiger partial charge in [-0.15, -0.1) is 5.10 Å². The number of hydrogen-bond acceptors (Lipinski definition) is 5. The van der Waals surface area contributed by atoms with Gasteiger partial charge in [0.05, 0.1) is 6.42 Å². The number of aromatic hydroxyl groups is 1. The number of amides is 1. The molecule has 0 radical (unpaired) electrons. The van der Waals surface area contributed by atoms with Crippen molar-refractivity contribution in [2.24, 2.45) is 7.05 Å². The van der Waals surface area contributed by atoms with Crippen LogP contribution in [0, 0.1) is 6.92 Å². The Hall–Kier alpha value is -2.44. The zero-order valence-corrected chi connectivity index (χ0v) is 10.1. The van der Waals surface area contributed by atoms with Gasteiger partial charge in [0.15, 0.2) is 5.82 Å². The highest BCUT2D eigenvalue weighted by molar-refractivity contribution is 5.92. The van der Waals surface area contributed by atoms with Crippen LogP contribution in [-0.4, -0.2) is 31.2 Å². The second-order valence-corrected chi connectivity index (χ2v) is 3.94. The molecule has 0 unspecified atom stereocenters. The fraction of sp³-hybridized carbons (Fsp3) is 0.273. The summed E-state index contributed by atoms with van der Waals surface area (Å²) in [5.74, 6) is 0.452. The number of nitrogens with one attached hydrogen (secondary N) is 1. The minimum Gasteiger partial charge on any atom is -0.508 e. The molecule has 2 aromatic rings. The summed E-state index contributed by atoms with van der Waals surface area (Å²) in [6.45, 7) is 1.80. The topological polar surface area (TPSA) is 92.9 Å². The molecule has 0 bridgehead atoms. The van der Waals surface area contributed by atoms with Gasteiger partial charge in [-0.25, -0.2) is 4.68 Å². The highest BCUT2D eigenvalue weighted by Gasteiger charge is 2.10.